The summed E-state index contributed by atoms with van der Waals surface area (Å²) >= 11 is 14.9. The quantitative estimate of drug-likeness (QED) is 0.491. The number of nitrogens with zero attached hydrogens (tertiary/aromatic N) is 4. The van der Waals surface area contributed by atoms with Crippen LogP contribution >= 0.6 is 39.1 Å². The van der Waals surface area contributed by atoms with Crippen LogP contribution in [0.2, 0.25) is 10.0 Å². The summed E-state index contributed by atoms with van der Waals surface area (Å²) in [6, 6.07) is 5.34. The van der Waals surface area contributed by atoms with Gasteiger partial charge in [0.1, 0.15) is 23.3 Å². The van der Waals surface area contributed by atoms with Crippen molar-refractivity contribution in [2.45, 2.75) is 53.6 Å². The van der Waals surface area contributed by atoms with Crippen molar-refractivity contribution in [3.05, 3.63) is 64.8 Å². The Bertz CT molecular complexity index is 1140. The number of aromatic nitrogens is 2. The van der Waals surface area contributed by atoms with Crippen LogP contribution in [0.3, 0.4) is 0 Å². The van der Waals surface area contributed by atoms with Crippen molar-refractivity contribution >= 4 is 39.1 Å². The number of hydrogen-bond acceptors (Lipinski definition) is 4. The minimum atomic E-state index is -0.336. The Balaban J connectivity index is 0.000000311. The van der Waals surface area contributed by atoms with Gasteiger partial charge < -0.3 is 9.13 Å². The largest absolute Gasteiger partial charge is 0.311 e. The maximum atomic E-state index is 12.0. The average Bonchev–Trinajstić information content (AvgIpc) is 2.71. The van der Waals surface area contributed by atoms with Gasteiger partial charge in [0.05, 0.1) is 14.5 Å². The average molecular weight is 528 g/mol. The van der Waals surface area contributed by atoms with Gasteiger partial charge in [-0.15, -0.1) is 0 Å². The van der Waals surface area contributed by atoms with Crippen molar-refractivity contribution in [2.75, 3.05) is 0 Å². The molecule has 0 aliphatic heterocycles. The molecule has 2 atom stereocenters. The fourth-order valence-corrected chi connectivity index (χ4v) is 3.34. The molecule has 6 nitrogen and oxygen atoms in total. The van der Waals surface area contributed by atoms with Crippen LogP contribution in [0, 0.1) is 34.5 Å². The van der Waals surface area contributed by atoms with Crippen molar-refractivity contribution < 1.29 is 0 Å². The van der Waals surface area contributed by atoms with E-state index in [0.717, 1.165) is 0 Å². The van der Waals surface area contributed by atoms with E-state index in [2.05, 4.69) is 15.9 Å². The Morgan fingerprint density at radius 2 is 1.32 bits per heavy atom. The molecule has 2 unspecified atom stereocenters. The van der Waals surface area contributed by atoms with Crippen LogP contribution < -0.4 is 11.1 Å². The van der Waals surface area contributed by atoms with Crippen LogP contribution in [0.15, 0.2) is 32.5 Å². The summed E-state index contributed by atoms with van der Waals surface area (Å²) in [5.41, 5.74) is -0.640. The SMILES string of the molecule is CC(C)C(C)n1cc(Br)c(Cl)c(C#N)c1=O.CC(C)C(C)n1ccc(Cl)c(C#N)c1=O. The maximum absolute atomic E-state index is 12.0. The third-order valence-corrected chi connectivity index (χ3v) is 6.77. The van der Waals surface area contributed by atoms with Crippen LogP contribution in [0.5, 0.6) is 0 Å². The summed E-state index contributed by atoms with van der Waals surface area (Å²) in [4.78, 5) is 23.8. The van der Waals surface area contributed by atoms with Gasteiger partial charge in [-0.25, -0.2) is 0 Å². The van der Waals surface area contributed by atoms with Crippen molar-refractivity contribution in [3.63, 3.8) is 0 Å². The van der Waals surface area contributed by atoms with Gasteiger partial charge in [0.2, 0.25) is 0 Å². The van der Waals surface area contributed by atoms with E-state index in [1.54, 1.807) is 27.6 Å². The molecule has 2 heterocycles. The third-order valence-electron chi connectivity index (χ3n) is 5.23. The molecule has 0 bridgehead atoms. The number of hydrogen-bond donors (Lipinski definition) is 0. The number of nitriles is 2. The maximum Gasteiger partial charge on any atom is 0.270 e. The van der Waals surface area contributed by atoms with Crippen LogP contribution in [0.1, 0.15) is 64.8 Å². The van der Waals surface area contributed by atoms with Gasteiger partial charge in [-0.3, -0.25) is 9.59 Å². The van der Waals surface area contributed by atoms with E-state index in [9.17, 15) is 9.59 Å². The highest BCUT2D eigenvalue weighted by Gasteiger charge is 2.18. The highest BCUT2D eigenvalue weighted by Crippen LogP contribution is 2.25. The molecular formula is C22H25BrCl2N4O2. The molecule has 0 N–H and O–H groups in total. The molecule has 0 radical (unpaired) electrons. The first kappa shape index (κ1) is 27.0. The van der Waals surface area contributed by atoms with E-state index in [4.69, 9.17) is 33.7 Å². The van der Waals surface area contributed by atoms with Gasteiger partial charge >= 0.3 is 0 Å². The molecular weight excluding hydrogens is 503 g/mol. The first-order chi connectivity index (χ1) is 14.4. The normalized spacial score (nSPS) is 12.5. The van der Waals surface area contributed by atoms with E-state index in [-0.39, 0.29) is 44.4 Å². The second-order valence-corrected chi connectivity index (χ2v) is 9.46. The lowest BCUT2D eigenvalue weighted by molar-refractivity contribution is 0.397. The molecule has 31 heavy (non-hydrogen) atoms. The predicted molar refractivity (Wildman–Crippen MR) is 128 cm³/mol. The van der Waals surface area contributed by atoms with Gasteiger partial charge in [-0.1, -0.05) is 50.9 Å². The minimum Gasteiger partial charge on any atom is -0.311 e. The van der Waals surface area contributed by atoms with Gasteiger partial charge in [-0.2, -0.15) is 10.5 Å². The standard InChI is InChI=1S/C11H12BrClN2O.C11H13ClN2O/c1-6(2)7(3)15-5-9(12)10(13)8(4-14)11(15)16;1-7(2)8(3)14-5-4-10(12)9(6-13)11(14)15/h5-7H,1-3H3;4-5,7-8H,1-3H3. The molecule has 166 valence electrons. The summed E-state index contributed by atoms with van der Waals surface area (Å²) < 4.78 is 3.66. The van der Waals surface area contributed by atoms with E-state index in [0.29, 0.717) is 16.3 Å². The Hall–Kier alpha value is -2.06. The predicted octanol–water partition coefficient (Wildman–Crippen LogP) is 5.94. The molecule has 2 aromatic heterocycles. The van der Waals surface area contributed by atoms with E-state index in [1.165, 1.54) is 0 Å². The second-order valence-electron chi connectivity index (χ2n) is 7.82. The lowest BCUT2D eigenvalue weighted by Crippen LogP contribution is -2.28. The Labute approximate surface area is 200 Å². The fourth-order valence-electron chi connectivity index (χ4n) is 2.57. The topological polar surface area (TPSA) is 91.6 Å². The molecule has 0 saturated heterocycles. The monoisotopic (exact) mass is 526 g/mol. The van der Waals surface area contributed by atoms with E-state index in [1.807, 2.05) is 53.7 Å². The zero-order chi connectivity index (χ0) is 24.0. The smallest absolute Gasteiger partial charge is 0.270 e. The van der Waals surface area contributed by atoms with E-state index >= 15 is 0 Å². The van der Waals surface area contributed by atoms with Gasteiger partial charge in [-0.05, 0) is 47.7 Å². The first-order valence-corrected chi connectivity index (χ1v) is 11.2. The Kier molecular flexibility index (Phi) is 10.0. The molecule has 0 aliphatic rings. The molecule has 0 spiro atoms. The molecule has 0 amide bonds. The van der Waals surface area contributed by atoms with Crippen LogP contribution in [-0.2, 0) is 0 Å². The Morgan fingerprint density at radius 3 is 1.77 bits per heavy atom. The zero-order valence-electron chi connectivity index (χ0n) is 18.3. The molecule has 9 heteroatoms. The lowest BCUT2D eigenvalue weighted by Gasteiger charge is -2.19. The summed E-state index contributed by atoms with van der Waals surface area (Å²) in [5.74, 6) is 0.632. The number of halogens is 3. The fraction of sp³-hybridized carbons (Fsp3) is 0.455. The van der Waals surface area contributed by atoms with Crippen molar-refractivity contribution in [1.29, 1.82) is 10.5 Å². The molecule has 0 aromatic carbocycles. The molecule has 0 fully saturated rings. The van der Waals surface area contributed by atoms with Crippen molar-refractivity contribution in [2.24, 2.45) is 11.8 Å². The molecule has 0 saturated carbocycles. The van der Waals surface area contributed by atoms with Crippen LogP contribution in [-0.4, -0.2) is 9.13 Å². The molecule has 2 rings (SSSR count). The molecule has 0 aliphatic carbocycles. The summed E-state index contributed by atoms with van der Waals surface area (Å²) in [5, 5.41) is 18.1. The van der Waals surface area contributed by atoms with Gasteiger partial charge in [0.25, 0.3) is 11.1 Å². The third kappa shape index (κ3) is 6.23. The Morgan fingerprint density at radius 1 is 0.871 bits per heavy atom. The van der Waals surface area contributed by atoms with Crippen LogP contribution in [0.4, 0.5) is 0 Å². The van der Waals surface area contributed by atoms with Gasteiger partial charge in [0.15, 0.2) is 0 Å². The first-order valence-electron chi connectivity index (χ1n) is 9.69. The lowest BCUT2D eigenvalue weighted by atomic mass is 10.1. The minimum absolute atomic E-state index is 0.0106. The van der Waals surface area contributed by atoms with Gasteiger partial charge in [0, 0.05) is 24.5 Å². The van der Waals surface area contributed by atoms with Crippen LogP contribution in [0.25, 0.3) is 0 Å². The highest BCUT2D eigenvalue weighted by molar-refractivity contribution is 9.10. The number of pyridine rings is 2. The van der Waals surface area contributed by atoms with E-state index < -0.39 is 0 Å². The highest BCUT2D eigenvalue weighted by atomic mass is 79.9. The summed E-state index contributed by atoms with van der Waals surface area (Å²) in [6.45, 7) is 12.0. The summed E-state index contributed by atoms with van der Waals surface area (Å²) in [6.07, 6.45) is 3.27. The zero-order valence-corrected chi connectivity index (χ0v) is 21.4. The molecule has 2 aromatic rings. The summed E-state index contributed by atoms with van der Waals surface area (Å²) in [7, 11) is 0. The van der Waals surface area contributed by atoms with Crippen molar-refractivity contribution in [1.82, 2.24) is 9.13 Å². The number of rotatable bonds is 4. The van der Waals surface area contributed by atoms with Crippen molar-refractivity contribution in [3.8, 4) is 12.1 Å². The second kappa shape index (κ2) is 11.5.